The number of carbonyl (C=O) groups excluding carboxylic acids is 2. The topological polar surface area (TPSA) is 92.8 Å². The largest absolute Gasteiger partial charge is 0.452 e. The maximum absolute atomic E-state index is 13.7. The first-order chi connectivity index (χ1) is 15.5. The second-order valence-electron chi connectivity index (χ2n) is 8.46. The molecule has 1 atom stereocenters. The molecule has 1 fully saturated rings. The number of hydrogen-bond acceptors (Lipinski definition) is 5. The number of nitrogens with zero attached hydrogens (tertiary/aromatic N) is 1. The van der Waals surface area contributed by atoms with Crippen molar-refractivity contribution in [2.45, 2.75) is 51.5 Å². The molecule has 0 spiro atoms. The molecular formula is C24H29FN2O5S. The number of aryl methyl sites for hydroxylation is 3. The Morgan fingerprint density at radius 1 is 1.03 bits per heavy atom. The zero-order chi connectivity index (χ0) is 24.3. The number of benzene rings is 2. The molecule has 33 heavy (non-hydrogen) atoms. The Kier molecular flexibility index (Phi) is 7.54. The van der Waals surface area contributed by atoms with Gasteiger partial charge in [-0.25, -0.2) is 12.8 Å². The van der Waals surface area contributed by atoms with Crippen molar-refractivity contribution in [2.24, 2.45) is 5.92 Å². The van der Waals surface area contributed by atoms with Gasteiger partial charge in [-0.1, -0.05) is 12.1 Å². The van der Waals surface area contributed by atoms with Crippen LogP contribution < -0.4 is 5.32 Å². The Labute approximate surface area is 194 Å². The number of sulfonamides is 1. The van der Waals surface area contributed by atoms with Gasteiger partial charge in [0.05, 0.1) is 10.8 Å². The van der Waals surface area contributed by atoms with Crippen LogP contribution in [0, 0.1) is 32.5 Å². The van der Waals surface area contributed by atoms with Crippen LogP contribution in [0.4, 0.5) is 10.1 Å². The van der Waals surface area contributed by atoms with Crippen molar-refractivity contribution in [2.75, 3.05) is 18.4 Å². The van der Waals surface area contributed by atoms with Crippen molar-refractivity contribution in [3.63, 3.8) is 0 Å². The Bertz CT molecular complexity index is 1160. The second kappa shape index (κ2) is 10.0. The molecule has 1 heterocycles. The molecule has 0 radical (unpaired) electrons. The molecule has 1 aliphatic rings. The van der Waals surface area contributed by atoms with Crippen LogP contribution in [0.15, 0.2) is 41.3 Å². The van der Waals surface area contributed by atoms with Crippen LogP contribution in [0.3, 0.4) is 0 Å². The SMILES string of the molecule is Cc1ccc(S(=O)(=O)N2CCC(C(=O)OC(C)C(=O)Nc3ccc(C)c(F)c3)CC2)cc1C. The quantitative estimate of drug-likeness (QED) is 0.642. The number of carbonyl (C=O) groups is 2. The molecule has 0 bridgehead atoms. The molecule has 1 saturated heterocycles. The first kappa shape index (κ1) is 24.9. The third-order valence-corrected chi connectivity index (χ3v) is 7.90. The van der Waals surface area contributed by atoms with Crippen LogP contribution in [0.5, 0.6) is 0 Å². The van der Waals surface area contributed by atoms with Crippen molar-refractivity contribution in [1.29, 1.82) is 0 Å². The summed E-state index contributed by atoms with van der Waals surface area (Å²) in [7, 11) is -3.64. The number of anilines is 1. The van der Waals surface area contributed by atoms with E-state index < -0.39 is 39.7 Å². The molecule has 1 amide bonds. The van der Waals surface area contributed by atoms with Crippen molar-refractivity contribution in [3.8, 4) is 0 Å². The fourth-order valence-electron chi connectivity index (χ4n) is 3.59. The minimum Gasteiger partial charge on any atom is -0.452 e. The van der Waals surface area contributed by atoms with Crippen LogP contribution in [-0.4, -0.2) is 43.8 Å². The molecule has 178 valence electrons. The predicted octanol–water partition coefficient (Wildman–Crippen LogP) is 3.72. The molecule has 1 aliphatic heterocycles. The van der Waals surface area contributed by atoms with Crippen LogP contribution in [0.2, 0.25) is 0 Å². The minimum absolute atomic E-state index is 0.193. The number of ether oxygens (including phenoxy) is 1. The van der Waals surface area contributed by atoms with Gasteiger partial charge in [0.2, 0.25) is 10.0 Å². The minimum atomic E-state index is -3.64. The van der Waals surface area contributed by atoms with E-state index in [1.165, 1.54) is 17.3 Å². The summed E-state index contributed by atoms with van der Waals surface area (Å²) in [6, 6.07) is 9.35. The van der Waals surface area contributed by atoms with E-state index in [-0.39, 0.29) is 23.7 Å². The molecule has 7 nitrogen and oxygen atoms in total. The van der Waals surface area contributed by atoms with Crippen LogP contribution in [0.25, 0.3) is 0 Å². The van der Waals surface area contributed by atoms with Gasteiger partial charge in [-0.2, -0.15) is 4.31 Å². The van der Waals surface area contributed by atoms with E-state index in [1.54, 1.807) is 37.3 Å². The zero-order valence-corrected chi connectivity index (χ0v) is 20.0. The van der Waals surface area contributed by atoms with Gasteiger partial charge in [0.1, 0.15) is 5.82 Å². The first-order valence-electron chi connectivity index (χ1n) is 10.8. The van der Waals surface area contributed by atoms with Gasteiger partial charge in [0.15, 0.2) is 6.10 Å². The lowest BCUT2D eigenvalue weighted by Gasteiger charge is -2.30. The highest BCUT2D eigenvalue weighted by Crippen LogP contribution is 2.26. The van der Waals surface area contributed by atoms with Crippen molar-refractivity contribution < 1.29 is 27.1 Å². The average Bonchev–Trinajstić information content (AvgIpc) is 2.78. The van der Waals surface area contributed by atoms with Gasteiger partial charge >= 0.3 is 5.97 Å². The van der Waals surface area contributed by atoms with E-state index >= 15 is 0 Å². The summed E-state index contributed by atoms with van der Waals surface area (Å²) in [5.74, 6) is -2.06. The maximum atomic E-state index is 13.7. The molecule has 2 aromatic carbocycles. The Hall–Kier alpha value is -2.78. The van der Waals surface area contributed by atoms with E-state index in [4.69, 9.17) is 4.74 Å². The van der Waals surface area contributed by atoms with Crippen LogP contribution >= 0.6 is 0 Å². The second-order valence-corrected chi connectivity index (χ2v) is 10.4. The summed E-state index contributed by atoms with van der Waals surface area (Å²) in [4.78, 5) is 25.1. The Morgan fingerprint density at radius 3 is 2.27 bits per heavy atom. The lowest BCUT2D eigenvalue weighted by molar-refractivity contribution is -0.158. The fraction of sp³-hybridized carbons (Fsp3) is 0.417. The molecule has 2 aromatic rings. The number of halogens is 1. The lowest BCUT2D eigenvalue weighted by Crippen LogP contribution is -2.41. The summed E-state index contributed by atoms with van der Waals surface area (Å²) in [5, 5.41) is 2.53. The zero-order valence-electron chi connectivity index (χ0n) is 19.2. The van der Waals surface area contributed by atoms with Gasteiger partial charge in [-0.15, -0.1) is 0 Å². The standard InChI is InChI=1S/C24H29FN2O5S/c1-15-6-8-21(13-17(15)3)33(30,31)27-11-9-19(10-12-27)24(29)32-18(4)23(28)26-20-7-5-16(2)22(25)14-20/h5-8,13-14,18-19H,9-12H2,1-4H3,(H,26,28). The number of amides is 1. The van der Waals surface area contributed by atoms with E-state index in [0.29, 0.717) is 18.4 Å². The highest BCUT2D eigenvalue weighted by Gasteiger charge is 2.34. The molecule has 9 heteroatoms. The molecule has 0 saturated carbocycles. The summed E-state index contributed by atoms with van der Waals surface area (Å²) in [6.45, 7) is 7.23. The number of esters is 1. The van der Waals surface area contributed by atoms with Gasteiger partial charge in [-0.05, 0) is 81.5 Å². The van der Waals surface area contributed by atoms with Crippen LogP contribution in [-0.2, 0) is 24.3 Å². The number of hydrogen-bond donors (Lipinski definition) is 1. The highest BCUT2D eigenvalue weighted by molar-refractivity contribution is 7.89. The highest BCUT2D eigenvalue weighted by atomic mass is 32.2. The first-order valence-corrected chi connectivity index (χ1v) is 12.3. The Balaban J connectivity index is 1.54. The molecular weight excluding hydrogens is 447 g/mol. The molecule has 3 rings (SSSR count). The molecule has 0 aliphatic carbocycles. The summed E-state index contributed by atoms with van der Waals surface area (Å²) in [6.07, 6.45) is -0.458. The van der Waals surface area contributed by atoms with E-state index in [9.17, 15) is 22.4 Å². The van der Waals surface area contributed by atoms with Crippen LogP contribution in [0.1, 0.15) is 36.5 Å². The fourth-order valence-corrected chi connectivity index (χ4v) is 5.15. The number of rotatable bonds is 6. The molecule has 1 N–H and O–H groups in total. The van der Waals surface area contributed by atoms with E-state index in [2.05, 4.69) is 5.32 Å². The van der Waals surface area contributed by atoms with Gasteiger partial charge in [0.25, 0.3) is 5.91 Å². The predicted molar refractivity (Wildman–Crippen MR) is 123 cm³/mol. The van der Waals surface area contributed by atoms with E-state index in [0.717, 1.165) is 11.1 Å². The summed E-state index contributed by atoms with van der Waals surface area (Å²) >= 11 is 0. The van der Waals surface area contributed by atoms with Crippen molar-refractivity contribution >= 4 is 27.6 Å². The lowest BCUT2D eigenvalue weighted by atomic mass is 9.98. The molecule has 0 aromatic heterocycles. The van der Waals surface area contributed by atoms with Gasteiger partial charge in [0, 0.05) is 18.8 Å². The summed E-state index contributed by atoms with van der Waals surface area (Å²) in [5.41, 5.74) is 2.64. The maximum Gasteiger partial charge on any atom is 0.309 e. The Morgan fingerprint density at radius 2 is 1.67 bits per heavy atom. The van der Waals surface area contributed by atoms with Gasteiger partial charge in [-0.3, -0.25) is 9.59 Å². The third-order valence-electron chi connectivity index (χ3n) is 6.00. The average molecular weight is 477 g/mol. The van der Waals surface area contributed by atoms with Gasteiger partial charge < -0.3 is 10.1 Å². The molecule has 1 unspecified atom stereocenters. The monoisotopic (exact) mass is 476 g/mol. The van der Waals surface area contributed by atoms with E-state index in [1.807, 2.05) is 13.8 Å². The van der Waals surface area contributed by atoms with Crippen molar-refractivity contribution in [1.82, 2.24) is 4.31 Å². The third kappa shape index (κ3) is 5.78. The number of piperidine rings is 1. The number of nitrogens with one attached hydrogen (secondary N) is 1. The summed E-state index contributed by atoms with van der Waals surface area (Å²) < 4.78 is 46.2. The van der Waals surface area contributed by atoms with Crippen molar-refractivity contribution in [3.05, 3.63) is 58.9 Å². The normalized spacial score (nSPS) is 16.3. The smallest absolute Gasteiger partial charge is 0.309 e.